The molecule has 1 fully saturated rings. The van der Waals surface area contributed by atoms with Crippen LogP contribution in [0.2, 0.25) is 0 Å². The molecule has 0 spiro atoms. The molecule has 3 N–H and O–H groups in total. The standard InChI is InChI=1S/C15H24N4O2S.HI/c1-16-15(19-11-12-5-2-9-21-12)18-8-4-7-17-14(20)13-6-3-10-22-13;/h3,6,10,12H,2,4-5,7-9,11H2,1H3,(H,17,20)(H2,16,18,19);1H. The number of hydrogen-bond acceptors (Lipinski definition) is 4. The van der Waals surface area contributed by atoms with Crippen LogP contribution in [-0.4, -0.2) is 51.3 Å². The average molecular weight is 452 g/mol. The van der Waals surface area contributed by atoms with Crippen molar-refractivity contribution in [3.8, 4) is 0 Å². The third-order valence-electron chi connectivity index (χ3n) is 3.42. The molecular formula is C15H25IN4O2S. The van der Waals surface area contributed by atoms with E-state index in [9.17, 15) is 4.79 Å². The summed E-state index contributed by atoms with van der Waals surface area (Å²) in [7, 11) is 1.75. The predicted octanol–water partition coefficient (Wildman–Crippen LogP) is 1.83. The van der Waals surface area contributed by atoms with Crippen molar-refractivity contribution in [1.29, 1.82) is 0 Å². The summed E-state index contributed by atoms with van der Waals surface area (Å²) in [6, 6.07) is 3.71. The van der Waals surface area contributed by atoms with Crippen LogP contribution in [0.3, 0.4) is 0 Å². The molecule has 1 saturated heterocycles. The van der Waals surface area contributed by atoms with Gasteiger partial charge < -0.3 is 20.7 Å². The molecule has 1 amide bonds. The summed E-state index contributed by atoms with van der Waals surface area (Å²) in [6.07, 6.45) is 3.39. The second-order valence-electron chi connectivity index (χ2n) is 5.10. The largest absolute Gasteiger partial charge is 0.376 e. The van der Waals surface area contributed by atoms with Gasteiger partial charge in [0.2, 0.25) is 0 Å². The van der Waals surface area contributed by atoms with Crippen molar-refractivity contribution >= 4 is 47.2 Å². The number of nitrogens with one attached hydrogen (secondary N) is 3. The molecule has 1 atom stereocenters. The van der Waals surface area contributed by atoms with E-state index in [2.05, 4.69) is 20.9 Å². The maximum absolute atomic E-state index is 11.7. The zero-order chi connectivity index (χ0) is 15.6. The molecule has 1 aromatic heterocycles. The van der Waals surface area contributed by atoms with E-state index < -0.39 is 0 Å². The highest BCUT2D eigenvalue weighted by Gasteiger charge is 2.15. The summed E-state index contributed by atoms with van der Waals surface area (Å²) < 4.78 is 5.56. The number of guanidine groups is 1. The van der Waals surface area contributed by atoms with Gasteiger partial charge in [0.1, 0.15) is 0 Å². The molecule has 1 aromatic rings. The van der Waals surface area contributed by atoms with Gasteiger partial charge in [-0.15, -0.1) is 35.3 Å². The van der Waals surface area contributed by atoms with Crippen LogP contribution in [0.5, 0.6) is 0 Å². The topological polar surface area (TPSA) is 74.8 Å². The lowest BCUT2D eigenvalue weighted by Gasteiger charge is -2.15. The Balaban J connectivity index is 0.00000264. The molecular weight excluding hydrogens is 427 g/mol. The van der Waals surface area contributed by atoms with Gasteiger partial charge in [0.25, 0.3) is 5.91 Å². The Kier molecular flexibility index (Phi) is 10.2. The number of amides is 1. The fourth-order valence-corrected chi connectivity index (χ4v) is 2.87. The Morgan fingerprint density at radius 1 is 1.39 bits per heavy atom. The molecule has 1 unspecified atom stereocenters. The maximum Gasteiger partial charge on any atom is 0.261 e. The zero-order valence-electron chi connectivity index (χ0n) is 13.3. The van der Waals surface area contributed by atoms with Crippen LogP contribution >= 0.6 is 35.3 Å². The molecule has 0 radical (unpaired) electrons. The van der Waals surface area contributed by atoms with Crippen LogP contribution in [0.1, 0.15) is 28.9 Å². The minimum absolute atomic E-state index is 0. The molecule has 2 rings (SSSR count). The first-order valence-corrected chi connectivity index (χ1v) is 8.55. The van der Waals surface area contributed by atoms with Gasteiger partial charge in [-0.2, -0.15) is 0 Å². The molecule has 0 bridgehead atoms. The molecule has 0 aliphatic carbocycles. The maximum atomic E-state index is 11.7. The number of thiophene rings is 1. The van der Waals surface area contributed by atoms with Gasteiger partial charge in [-0.3, -0.25) is 9.79 Å². The molecule has 1 aliphatic rings. The van der Waals surface area contributed by atoms with Crippen LogP contribution in [0.4, 0.5) is 0 Å². The van der Waals surface area contributed by atoms with E-state index in [1.807, 2.05) is 17.5 Å². The minimum Gasteiger partial charge on any atom is -0.376 e. The number of carbonyl (C=O) groups excluding carboxylic acids is 1. The molecule has 2 heterocycles. The van der Waals surface area contributed by atoms with Crippen molar-refractivity contribution in [2.45, 2.75) is 25.4 Å². The van der Waals surface area contributed by atoms with Crippen LogP contribution in [0.15, 0.2) is 22.5 Å². The van der Waals surface area contributed by atoms with Crippen molar-refractivity contribution in [3.63, 3.8) is 0 Å². The third-order valence-corrected chi connectivity index (χ3v) is 4.29. The minimum atomic E-state index is -0.00381. The van der Waals surface area contributed by atoms with Gasteiger partial charge in [0.15, 0.2) is 5.96 Å². The Bertz CT molecular complexity index is 476. The van der Waals surface area contributed by atoms with Crippen LogP contribution in [0.25, 0.3) is 0 Å². The van der Waals surface area contributed by atoms with Gasteiger partial charge in [-0.25, -0.2) is 0 Å². The molecule has 23 heavy (non-hydrogen) atoms. The summed E-state index contributed by atoms with van der Waals surface area (Å²) in [5.74, 6) is 0.774. The quantitative estimate of drug-likeness (QED) is 0.256. The van der Waals surface area contributed by atoms with Crippen molar-refractivity contribution in [2.75, 3.05) is 33.3 Å². The van der Waals surface area contributed by atoms with Crippen LogP contribution < -0.4 is 16.0 Å². The van der Waals surface area contributed by atoms with Crippen LogP contribution in [0, 0.1) is 0 Å². The highest BCUT2D eigenvalue weighted by molar-refractivity contribution is 14.0. The summed E-state index contributed by atoms with van der Waals surface area (Å²) in [6.45, 7) is 3.06. The number of halogens is 1. The lowest BCUT2D eigenvalue weighted by molar-refractivity contribution is 0.0957. The zero-order valence-corrected chi connectivity index (χ0v) is 16.5. The number of ether oxygens (including phenoxy) is 1. The first kappa shape index (κ1) is 20.2. The molecule has 0 aromatic carbocycles. The molecule has 8 heteroatoms. The molecule has 1 aliphatic heterocycles. The van der Waals surface area contributed by atoms with Gasteiger partial charge >= 0.3 is 0 Å². The van der Waals surface area contributed by atoms with Crippen molar-refractivity contribution in [1.82, 2.24) is 16.0 Å². The highest BCUT2D eigenvalue weighted by Crippen LogP contribution is 2.10. The summed E-state index contributed by atoms with van der Waals surface area (Å²) >= 11 is 1.45. The van der Waals surface area contributed by atoms with Crippen molar-refractivity contribution in [2.24, 2.45) is 4.99 Å². The second kappa shape index (κ2) is 11.6. The van der Waals surface area contributed by atoms with E-state index in [-0.39, 0.29) is 29.9 Å². The summed E-state index contributed by atoms with van der Waals surface area (Å²) in [5, 5.41) is 11.3. The number of rotatable bonds is 7. The number of aliphatic imine (C=N–C) groups is 1. The Morgan fingerprint density at radius 3 is 2.87 bits per heavy atom. The van der Waals surface area contributed by atoms with E-state index in [1.165, 1.54) is 11.3 Å². The van der Waals surface area contributed by atoms with Crippen molar-refractivity contribution < 1.29 is 9.53 Å². The fraction of sp³-hybridized carbons (Fsp3) is 0.600. The Hall–Kier alpha value is -0.870. The Labute approximate surface area is 158 Å². The monoisotopic (exact) mass is 452 g/mol. The third kappa shape index (κ3) is 7.49. The van der Waals surface area contributed by atoms with Crippen LogP contribution in [-0.2, 0) is 4.74 Å². The smallest absolute Gasteiger partial charge is 0.261 e. The summed E-state index contributed by atoms with van der Waals surface area (Å²) in [4.78, 5) is 16.7. The highest BCUT2D eigenvalue weighted by atomic mass is 127. The Morgan fingerprint density at radius 2 is 2.22 bits per heavy atom. The van der Waals surface area contributed by atoms with E-state index in [0.717, 1.165) is 49.8 Å². The van der Waals surface area contributed by atoms with Gasteiger partial charge in [-0.1, -0.05) is 6.07 Å². The number of hydrogen-bond donors (Lipinski definition) is 3. The van der Waals surface area contributed by atoms with E-state index in [0.29, 0.717) is 12.6 Å². The first-order valence-electron chi connectivity index (χ1n) is 7.67. The fourth-order valence-electron chi connectivity index (χ4n) is 2.23. The molecule has 6 nitrogen and oxygen atoms in total. The number of nitrogens with zero attached hydrogens (tertiary/aromatic N) is 1. The summed E-state index contributed by atoms with van der Waals surface area (Å²) in [5.41, 5.74) is 0. The SMILES string of the molecule is CN=C(NCCCNC(=O)c1cccs1)NCC1CCCO1.I. The van der Waals surface area contributed by atoms with Gasteiger partial charge in [0, 0.05) is 33.3 Å². The van der Waals surface area contributed by atoms with Crippen molar-refractivity contribution in [3.05, 3.63) is 22.4 Å². The van der Waals surface area contributed by atoms with E-state index in [4.69, 9.17) is 4.74 Å². The van der Waals surface area contributed by atoms with Gasteiger partial charge in [0.05, 0.1) is 11.0 Å². The van der Waals surface area contributed by atoms with Gasteiger partial charge in [-0.05, 0) is 30.7 Å². The lowest BCUT2D eigenvalue weighted by Crippen LogP contribution is -2.41. The number of carbonyl (C=O) groups is 1. The molecule has 0 saturated carbocycles. The second-order valence-corrected chi connectivity index (χ2v) is 6.05. The lowest BCUT2D eigenvalue weighted by atomic mass is 10.2. The molecule has 130 valence electrons. The average Bonchev–Trinajstić information content (AvgIpc) is 3.23. The normalized spacial score (nSPS) is 17.4. The van der Waals surface area contributed by atoms with E-state index >= 15 is 0 Å². The predicted molar refractivity (Wildman–Crippen MR) is 105 cm³/mol. The van der Waals surface area contributed by atoms with E-state index in [1.54, 1.807) is 7.05 Å². The first-order chi connectivity index (χ1) is 10.8.